The summed E-state index contributed by atoms with van der Waals surface area (Å²) in [5, 5.41) is 0. The van der Waals surface area contributed by atoms with E-state index in [1.807, 2.05) is 30.3 Å². The highest BCUT2D eigenvalue weighted by molar-refractivity contribution is 5.66. The van der Waals surface area contributed by atoms with Gasteiger partial charge in [0.1, 0.15) is 12.3 Å². The van der Waals surface area contributed by atoms with Gasteiger partial charge in [-0.25, -0.2) is 4.39 Å². The molecular formula is C14H16FNO2. The lowest BCUT2D eigenvalue weighted by Crippen LogP contribution is -2.55. The highest BCUT2D eigenvalue weighted by Crippen LogP contribution is 2.46. The first-order chi connectivity index (χ1) is 8.66. The van der Waals surface area contributed by atoms with Crippen LogP contribution in [0.2, 0.25) is 0 Å². The number of fused-ring (bicyclic) bond motifs is 1. The number of hydrogen-bond donors (Lipinski definition) is 0. The SMILES string of the molecule is CC(=O)O[C@@H]1[C@H]2CN(Cc3ccccc3)[C@@H]1[C@H]2F. The summed E-state index contributed by atoms with van der Waals surface area (Å²) in [4.78, 5) is 13.1. The van der Waals surface area contributed by atoms with Gasteiger partial charge in [-0.1, -0.05) is 30.3 Å². The average Bonchev–Trinajstić information content (AvgIpc) is 2.85. The number of carbonyl (C=O) groups is 1. The van der Waals surface area contributed by atoms with Gasteiger partial charge < -0.3 is 4.74 Å². The van der Waals surface area contributed by atoms with E-state index in [9.17, 15) is 9.18 Å². The molecule has 2 saturated heterocycles. The molecule has 0 amide bonds. The van der Waals surface area contributed by atoms with Gasteiger partial charge in [-0.2, -0.15) is 0 Å². The van der Waals surface area contributed by atoms with Crippen molar-refractivity contribution in [3.63, 3.8) is 0 Å². The lowest BCUT2D eigenvalue weighted by molar-refractivity contribution is -0.161. The summed E-state index contributed by atoms with van der Waals surface area (Å²) in [5.41, 5.74) is 1.17. The molecule has 1 aromatic carbocycles. The van der Waals surface area contributed by atoms with Gasteiger partial charge in [0.05, 0.1) is 6.04 Å². The first kappa shape index (κ1) is 11.7. The Labute approximate surface area is 106 Å². The largest absolute Gasteiger partial charge is 0.460 e. The van der Waals surface area contributed by atoms with Crippen molar-refractivity contribution in [3.8, 4) is 0 Å². The minimum atomic E-state index is -0.849. The van der Waals surface area contributed by atoms with Crippen molar-refractivity contribution in [2.24, 2.45) is 5.92 Å². The molecule has 0 N–H and O–H groups in total. The summed E-state index contributed by atoms with van der Waals surface area (Å²) in [6, 6.07) is 9.73. The zero-order valence-corrected chi connectivity index (χ0v) is 10.3. The van der Waals surface area contributed by atoms with Gasteiger partial charge in [-0.3, -0.25) is 9.69 Å². The number of hydrogen-bond acceptors (Lipinski definition) is 3. The normalized spacial score (nSPS) is 34.1. The second kappa shape index (κ2) is 4.35. The van der Waals surface area contributed by atoms with E-state index >= 15 is 0 Å². The molecule has 4 atom stereocenters. The molecule has 1 aliphatic carbocycles. The molecule has 4 heteroatoms. The number of halogens is 1. The predicted molar refractivity (Wildman–Crippen MR) is 64.6 cm³/mol. The lowest BCUT2D eigenvalue weighted by Gasteiger charge is -2.39. The monoisotopic (exact) mass is 249 g/mol. The van der Waals surface area contributed by atoms with Crippen LogP contribution in [0.1, 0.15) is 12.5 Å². The van der Waals surface area contributed by atoms with Crippen LogP contribution in [0.25, 0.3) is 0 Å². The van der Waals surface area contributed by atoms with Gasteiger partial charge in [0, 0.05) is 25.9 Å². The Bertz CT molecular complexity index is 450. The summed E-state index contributed by atoms with van der Waals surface area (Å²) in [7, 11) is 0. The molecule has 2 aliphatic heterocycles. The zero-order valence-electron chi connectivity index (χ0n) is 10.3. The van der Waals surface area contributed by atoms with Crippen molar-refractivity contribution in [3.05, 3.63) is 35.9 Å². The Hall–Kier alpha value is -1.42. The second-order valence-electron chi connectivity index (χ2n) is 5.09. The number of esters is 1. The first-order valence-corrected chi connectivity index (χ1v) is 6.26. The topological polar surface area (TPSA) is 29.5 Å². The van der Waals surface area contributed by atoms with Crippen molar-refractivity contribution in [2.45, 2.75) is 31.8 Å². The maximum atomic E-state index is 13.8. The minimum absolute atomic E-state index is 0.136. The number of ether oxygens (including phenoxy) is 1. The molecule has 2 bridgehead atoms. The molecule has 3 fully saturated rings. The maximum Gasteiger partial charge on any atom is 0.302 e. The van der Waals surface area contributed by atoms with Gasteiger partial charge in [-0.15, -0.1) is 0 Å². The van der Waals surface area contributed by atoms with Gasteiger partial charge in [0.2, 0.25) is 0 Å². The molecule has 1 aromatic rings. The van der Waals surface area contributed by atoms with E-state index < -0.39 is 6.17 Å². The minimum Gasteiger partial charge on any atom is -0.460 e. The van der Waals surface area contributed by atoms with E-state index in [-0.39, 0.29) is 24.0 Å². The Morgan fingerprint density at radius 3 is 2.83 bits per heavy atom. The van der Waals surface area contributed by atoms with Gasteiger partial charge >= 0.3 is 5.97 Å². The molecule has 18 heavy (non-hydrogen) atoms. The van der Waals surface area contributed by atoms with Crippen molar-refractivity contribution < 1.29 is 13.9 Å². The second-order valence-corrected chi connectivity index (χ2v) is 5.09. The van der Waals surface area contributed by atoms with Crippen LogP contribution < -0.4 is 0 Å². The van der Waals surface area contributed by atoms with E-state index in [0.29, 0.717) is 6.54 Å². The van der Waals surface area contributed by atoms with Crippen LogP contribution >= 0.6 is 0 Å². The zero-order chi connectivity index (χ0) is 12.7. The van der Waals surface area contributed by atoms with Crippen LogP contribution in [-0.4, -0.2) is 35.7 Å². The van der Waals surface area contributed by atoms with E-state index in [1.165, 1.54) is 12.5 Å². The summed E-state index contributed by atoms with van der Waals surface area (Å²) in [6.45, 7) is 2.78. The van der Waals surface area contributed by atoms with Crippen LogP contribution in [0.4, 0.5) is 4.39 Å². The molecule has 96 valence electrons. The molecule has 1 saturated carbocycles. The van der Waals surface area contributed by atoms with Crippen molar-refractivity contribution >= 4 is 5.97 Å². The quantitative estimate of drug-likeness (QED) is 0.765. The molecule has 0 unspecified atom stereocenters. The van der Waals surface area contributed by atoms with Crippen LogP contribution in [-0.2, 0) is 16.1 Å². The summed E-state index contributed by atoms with van der Waals surface area (Å²) in [6.07, 6.45) is -1.10. The molecule has 4 rings (SSSR count). The highest BCUT2D eigenvalue weighted by Gasteiger charge is 2.62. The van der Waals surface area contributed by atoms with Crippen molar-refractivity contribution in [1.29, 1.82) is 0 Å². The van der Waals surface area contributed by atoms with Gasteiger partial charge in [0.25, 0.3) is 0 Å². The number of alkyl halides is 1. The summed E-state index contributed by atoms with van der Waals surface area (Å²) in [5.74, 6) is -0.453. The molecule has 0 aromatic heterocycles. The molecule has 0 radical (unpaired) electrons. The molecule has 2 heterocycles. The number of nitrogens with zero attached hydrogens (tertiary/aromatic N) is 1. The van der Waals surface area contributed by atoms with E-state index in [0.717, 1.165) is 6.54 Å². The van der Waals surface area contributed by atoms with Crippen LogP contribution in [0.3, 0.4) is 0 Å². The first-order valence-electron chi connectivity index (χ1n) is 6.26. The maximum absolute atomic E-state index is 13.8. The Kier molecular flexibility index (Phi) is 2.82. The van der Waals surface area contributed by atoms with Crippen LogP contribution in [0.5, 0.6) is 0 Å². The van der Waals surface area contributed by atoms with Crippen LogP contribution in [0, 0.1) is 5.92 Å². The fraction of sp³-hybridized carbons (Fsp3) is 0.500. The summed E-state index contributed by atoms with van der Waals surface area (Å²) >= 11 is 0. The van der Waals surface area contributed by atoms with Gasteiger partial charge in [0.15, 0.2) is 0 Å². The van der Waals surface area contributed by atoms with E-state index in [4.69, 9.17) is 4.74 Å². The Morgan fingerprint density at radius 2 is 2.17 bits per heavy atom. The Balaban J connectivity index is 1.68. The molecule has 3 aliphatic rings. The number of rotatable bonds is 3. The molecular weight excluding hydrogens is 233 g/mol. The van der Waals surface area contributed by atoms with Gasteiger partial charge in [-0.05, 0) is 5.56 Å². The summed E-state index contributed by atoms with van der Waals surface area (Å²) < 4.78 is 19.0. The molecule has 3 nitrogen and oxygen atoms in total. The lowest BCUT2D eigenvalue weighted by atomic mass is 9.80. The smallest absolute Gasteiger partial charge is 0.302 e. The third-order valence-corrected chi connectivity index (χ3v) is 3.89. The van der Waals surface area contributed by atoms with E-state index in [1.54, 1.807) is 0 Å². The highest BCUT2D eigenvalue weighted by atomic mass is 19.1. The standard InChI is InChI=1S/C14H16FNO2/c1-9(17)18-14-11-8-16(13(14)12(11)15)7-10-5-3-2-4-6-10/h2-6,11-14H,7-8H2,1H3/t11-,12-,13+,14+/m0/s1. The fourth-order valence-corrected chi connectivity index (χ4v) is 3.07. The number of carbonyl (C=O) groups excluding carboxylic acids is 1. The Morgan fingerprint density at radius 1 is 1.44 bits per heavy atom. The third-order valence-electron chi connectivity index (χ3n) is 3.89. The third kappa shape index (κ3) is 1.81. The number of benzene rings is 1. The van der Waals surface area contributed by atoms with Crippen LogP contribution in [0.15, 0.2) is 30.3 Å². The van der Waals surface area contributed by atoms with E-state index in [2.05, 4.69) is 4.90 Å². The predicted octanol–water partition coefficient (Wildman–Crippen LogP) is 1.77. The fourth-order valence-electron chi connectivity index (χ4n) is 3.07. The van der Waals surface area contributed by atoms with Crippen molar-refractivity contribution in [2.75, 3.05) is 6.54 Å². The molecule has 0 spiro atoms. The average molecular weight is 249 g/mol. The van der Waals surface area contributed by atoms with Crippen molar-refractivity contribution in [1.82, 2.24) is 4.90 Å².